The maximum absolute atomic E-state index is 7.04. The van der Waals surface area contributed by atoms with Crippen LogP contribution in [0.3, 0.4) is 0 Å². The number of fused-ring (bicyclic) bond motifs is 13. The summed E-state index contributed by atoms with van der Waals surface area (Å²) in [5.74, 6) is 0. The third kappa shape index (κ3) is 4.95. The highest BCUT2D eigenvalue weighted by Gasteiger charge is 2.28. The van der Waals surface area contributed by atoms with Crippen LogP contribution in [0.25, 0.3) is 122 Å². The van der Waals surface area contributed by atoms with E-state index >= 15 is 0 Å². The Morgan fingerprint density at radius 1 is 0.377 bits per heavy atom. The van der Waals surface area contributed by atoms with Crippen LogP contribution in [0.1, 0.15) is 0 Å². The van der Waals surface area contributed by atoms with Gasteiger partial charge in [-0.1, -0.05) is 152 Å². The van der Waals surface area contributed by atoms with E-state index in [2.05, 4.69) is 185 Å². The standard InChI is InChI=1S/C56H34N4O/c1-4-18-35(19-5-1)42-34-37(53-52(36-20-6-2-7-21-36)57-43-27-13-14-28-44(43)58-53)32-33-47(42)60-46-30-16-11-25-40(46)51-55(60)54-49(50-41-26-12-17-31-48(41)61-56(50)51)39-24-10-15-29-45(39)59(54)38-22-8-3-9-23-38/h1-34H. The molecular formula is C56H34N4O. The molecule has 0 bridgehead atoms. The fourth-order valence-electron chi connectivity index (χ4n) is 9.70. The number of hydrogen-bond donors (Lipinski definition) is 0. The summed E-state index contributed by atoms with van der Waals surface area (Å²) in [4.78, 5) is 10.6. The number of aromatic nitrogens is 4. The first kappa shape index (κ1) is 33.7. The molecule has 5 heteroatoms. The number of rotatable bonds is 5. The Balaban J connectivity index is 1.22. The van der Waals surface area contributed by atoms with Crippen molar-refractivity contribution >= 4 is 76.6 Å². The smallest absolute Gasteiger partial charge is 0.146 e. The van der Waals surface area contributed by atoms with E-state index in [1.165, 1.54) is 10.8 Å². The average molecular weight is 779 g/mol. The second-order valence-corrected chi connectivity index (χ2v) is 15.7. The van der Waals surface area contributed by atoms with E-state index in [1.807, 2.05) is 30.3 Å². The maximum atomic E-state index is 7.04. The van der Waals surface area contributed by atoms with E-state index in [0.717, 1.165) is 111 Å². The predicted octanol–water partition coefficient (Wildman–Crippen LogP) is 14.7. The van der Waals surface area contributed by atoms with Gasteiger partial charge in [0.15, 0.2) is 0 Å². The molecule has 0 saturated heterocycles. The summed E-state index contributed by atoms with van der Waals surface area (Å²) in [5, 5.41) is 6.81. The molecule has 0 aliphatic rings. The fourth-order valence-corrected chi connectivity index (χ4v) is 9.70. The summed E-state index contributed by atoms with van der Waals surface area (Å²) in [7, 11) is 0. The Hall–Kier alpha value is -8.28. The lowest BCUT2D eigenvalue weighted by Gasteiger charge is -2.18. The van der Waals surface area contributed by atoms with Crippen LogP contribution in [-0.2, 0) is 0 Å². The van der Waals surface area contributed by atoms with Gasteiger partial charge in [0.25, 0.3) is 0 Å². The highest BCUT2D eigenvalue weighted by molar-refractivity contribution is 6.39. The molecule has 13 rings (SSSR count). The van der Waals surface area contributed by atoms with Crippen LogP contribution in [0.2, 0.25) is 0 Å². The molecular weight excluding hydrogens is 745 g/mol. The van der Waals surface area contributed by atoms with Crippen LogP contribution >= 0.6 is 0 Å². The zero-order valence-electron chi connectivity index (χ0n) is 32.8. The van der Waals surface area contributed by atoms with Gasteiger partial charge in [-0.3, -0.25) is 0 Å². The minimum atomic E-state index is 0.839. The van der Waals surface area contributed by atoms with E-state index < -0.39 is 0 Å². The van der Waals surface area contributed by atoms with Crippen molar-refractivity contribution in [2.24, 2.45) is 0 Å². The van der Waals surface area contributed by atoms with Gasteiger partial charge < -0.3 is 13.6 Å². The summed E-state index contributed by atoms with van der Waals surface area (Å²) in [5.41, 5.74) is 16.0. The third-order valence-electron chi connectivity index (χ3n) is 12.3. The van der Waals surface area contributed by atoms with Crippen molar-refractivity contribution in [2.45, 2.75) is 0 Å². The molecule has 9 aromatic carbocycles. The van der Waals surface area contributed by atoms with E-state index in [9.17, 15) is 0 Å². The Kier molecular flexibility index (Phi) is 7.24. The number of benzene rings is 9. The topological polar surface area (TPSA) is 48.8 Å². The van der Waals surface area contributed by atoms with Gasteiger partial charge in [0.2, 0.25) is 0 Å². The zero-order valence-corrected chi connectivity index (χ0v) is 32.8. The van der Waals surface area contributed by atoms with Gasteiger partial charge >= 0.3 is 0 Å². The first-order chi connectivity index (χ1) is 30.3. The lowest BCUT2D eigenvalue weighted by molar-refractivity contribution is 0.673. The third-order valence-corrected chi connectivity index (χ3v) is 12.3. The fraction of sp³-hybridized carbons (Fsp3) is 0. The summed E-state index contributed by atoms with van der Waals surface area (Å²) < 4.78 is 12.0. The molecule has 0 aliphatic heterocycles. The van der Waals surface area contributed by atoms with Gasteiger partial charge in [-0.05, 0) is 60.2 Å². The van der Waals surface area contributed by atoms with Crippen molar-refractivity contribution in [3.63, 3.8) is 0 Å². The van der Waals surface area contributed by atoms with Gasteiger partial charge in [0.05, 0.1) is 55.6 Å². The maximum Gasteiger partial charge on any atom is 0.146 e. The van der Waals surface area contributed by atoms with E-state index in [-0.39, 0.29) is 0 Å². The molecule has 61 heavy (non-hydrogen) atoms. The highest BCUT2D eigenvalue weighted by atomic mass is 16.3. The molecule has 0 saturated carbocycles. The molecule has 5 nitrogen and oxygen atoms in total. The quantitative estimate of drug-likeness (QED) is 0.175. The second-order valence-electron chi connectivity index (χ2n) is 15.7. The van der Waals surface area contributed by atoms with Crippen LogP contribution in [0.5, 0.6) is 0 Å². The van der Waals surface area contributed by atoms with Crippen LogP contribution in [0.15, 0.2) is 211 Å². The van der Waals surface area contributed by atoms with Crippen LogP contribution in [0, 0.1) is 0 Å². The number of para-hydroxylation sites is 6. The molecule has 0 radical (unpaired) electrons. The van der Waals surface area contributed by atoms with Crippen molar-refractivity contribution < 1.29 is 4.42 Å². The minimum Gasteiger partial charge on any atom is -0.455 e. The molecule has 0 N–H and O–H groups in total. The SMILES string of the molecule is c1ccc(-c2cc(-c3nc4ccccc4nc3-c3ccccc3)ccc2-n2c3ccccc3c3c4oc5ccccc5c4c4c5ccccc5n(-c5ccccc5)c4c32)cc1. The molecule has 0 atom stereocenters. The minimum absolute atomic E-state index is 0.839. The van der Waals surface area contributed by atoms with E-state index in [0.29, 0.717) is 0 Å². The summed E-state index contributed by atoms with van der Waals surface area (Å²) in [6, 6.07) is 72.8. The van der Waals surface area contributed by atoms with Gasteiger partial charge in [-0.25, -0.2) is 9.97 Å². The van der Waals surface area contributed by atoms with Crippen molar-refractivity contribution in [2.75, 3.05) is 0 Å². The molecule has 13 aromatic rings. The van der Waals surface area contributed by atoms with Crippen LogP contribution in [-0.4, -0.2) is 19.1 Å². The van der Waals surface area contributed by atoms with Crippen molar-refractivity contribution in [1.29, 1.82) is 0 Å². The number of nitrogens with zero attached hydrogens (tertiary/aromatic N) is 4. The van der Waals surface area contributed by atoms with Gasteiger partial charge in [-0.15, -0.1) is 0 Å². The van der Waals surface area contributed by atoms with Gasteiger partial charge in [0.1, 0.15) is 11.2 Å². The first-order valence-electron chi connectivity index (χ1n) is 20.7. The van der Waals surface area contributed by atoms with E-state index in [1.54, 1.807) is 0 Å². The van der Waals surface area contributed by atoms with Crippen LogP contribution < -0.4 is 0 Å². The molecule has 4 aromatic heterocycles. The normalized spacial score (nSPS) is 11.9. The van der Waals surface area contributed by atoms with Crippen molar-refractivity contribution in [1.82, 2.24) is 19.1 Å². The summed E-state index contributed by atoms with van der Waals surface area (Å²) >= 11 is 0. The monoisotopic (exact) mass is 778 g/mol. The molecule has 0 fully saturated rings. The molecule has 0 amide bonds. The average Bonchev–Trinajstić information content (AvgIpc) is 4.00. The molecule has 0 spiro atoms. The van der Waals surface area contributed by atoms with Crippen LogP contribution in [0.4, 0.5) is 0 Å². The molecule has 0 aliphatic carbocycles. The number of furan rings is 1. The highest BCUT2D eigenvalue weighted by Crippen LogP contribution is 2.50. The predicted molar refractivity (Wildman–Crippen MR) is 252 cm³/mol. The Morgan fingerprint density at radius 3 is 1.61 bits per heavy atom. The number of hydrogen-bond acceptors (Lipinski definition) is 3. The molecule has 284 valence electrons. The van der Waals surface area contributed by atoms with Gasteiger partial charge in [0, 0.05) is 49.3 Å². The molecule has 0 unspecified atom stereocenters. The van der Waals surface area contributed by atoms with E-state index in [4.69, 9.17) is 14.4 Å². The van der Waals surface area contributed by atoms with Crippen molar-refractivity contribution in [3.8, 4) is 45.0 Å². The summed E-state index contributed by atoms with van der Waals surface area (Å²) in [6.45, 7) is 0. The summed E-state index contributed by atoms with van der Waals surface area (Å²) in [6.07, 6.45) is 0. The second kappa shape index (κ2) is 13.1. The van der Waals surface area contributed by atoms with Crippen molar-refractivity contribution in [3.05, 3.63) is 206 Å². The molecule has 4 heterocycles. The first-order valence-corrected chi connectivity index (χ1v) is 20.7. The van der Waals surface area contributed by atoms with Gasteiger partial charge in [-0.2, -0.15) is 0 Å². The Morgan fingerprint density at radius 2 is 0.902 bits per heavy atom. The lowest BCUT2D eigenvalue weighted by atomic mass is 9.96. The Labute approximate surface area is 350 Å². The Bertz CT molecular complexity index is 3860. The lowest BCUT2D eigenvalue weighted by Crippen LogP contribution is -2.02. The largest absolute Gasteiger partial charge is 0.455 e. The zero-order chi connectivity index (χ0) is 40.0.